The van der Waals surface area contributed by atoms with Gasteiger partial charge in [0.25, 0.3) is 0 Å². The zero-order chi connectivity index (χ0) is 43.3. The van der Waals surface area contributed by atoms with Crippen LogP contribution in [0.25, 0.3) is 0 Å². The fraction of sp³-hybridized carbons (Fsp3) is 0.875. The number of phosphoric acid groups is 1. The maximum Gasteiger partial charge on any atom is 0.472 e. The molecule has 1 unspecified atom stereocenters. The summed E-state index contributed by atoms with van der Waals surface area (Å²) in [4.78, 5) is 35.1. The van der Waals surface area contributed by atoms with E-state index in [0.29, 0.717) is 12.8 Å². The summed E-state index contributed by atoms with van der Waals surface area (Å²) in [6.45, 7) is 2.39. The third kappa shape index (κ3) is 44.3. The second-order valence-electron chi connectivity index (χ2n) is 16.5. The van der Waals surface area contributed by atoms with E-state index in [4.69, 9.17) is 23.6 Å². The van der Waals surface area contributed by atoms with Gasteiger partial charge in [0.05, 0.1) is 19.8 Å². The third-order valence-corrected chi connectivity index (χ3v) is 11.5. The van der Waals surface area contributed by atoms with Crippen LogP contribution in [0.3, 0.4) is 0 Å². The van der Waals surface area contributed by atoms with Gasteiger partial charge < -0.3 is 24.6 Å². The lowest BCUT2D eigenvalue weighted by atomic mass is 10.0. The van der Waals surface area contributed by atoms with Gasteiger partial charge in [0.2, 0.25) is 0 Å². The quantitative estimate of drug-likeness (QED) is 0.0234. The summed E-state index contributed by atoms with van der Waals surface area (Å²) in [7, 11) is -4.62. The Morgan fingerprint density at radius 2 is 0.831 bits per heavy atom. The maximum atomic E-state index is 12.6. The molecule has 0 saturated carbocycles. The Hall–Kier alpha value is -1.55. The summed E-state index contributed by atoms with van der Waals surface area (Å²) in [6.07, 6.45) is 45.7. The van der Waals surface area contributed by atoms with E-state index >= 15 is 0 Å². The monoisotopic (exact) mass is 859 g/mol. The molecule has 0 amide bonds. The minimum atomic E-state index is -4.62. The van der Waals surface area contributed by atoms with E-state index in [9.17, 15) is 24.2 Å². The lowest BCUT2D eigenvalue weighted by Gasteiger charge is -2.20. The Morgan fingerprint density at radius 3 is 1.22 bits per heavy atom. The highest BCUT2D eigenvalue weighted by Crippen LogP contribution is 2.43. The van der Waals surface area contributed by atoms with Crippen molar-refractivity contribution in [3.05, 3.63) is 24.3 Å². The average Bonchev–Trinajstić information content (AvgIpc) is 3.22. The van der Waals surface area contributed by atoms with Crippen molar-refractivity contribution in [3.8, 4) is 0 Å². The van der Waals surface area contributed by atoms with Crippen molar-refractivity contribution in [2.24, 2.45) is 0 Å². The minimum absolute atomic E-state index is 0.176. The van der Waals surface area contributed by atoms with Gasteiger partial charge in [0.1, 0.15) is 12.7 Å². The summed E-state index contributed by atoms with van der Waals surface area (Å²) in [5, 5.41) is 18.4. The number of aliphatic hydroxyl groups is 2. The summed E-state index contributed by atoms with van der Waals surface area (Å²) < 4.78 is 32.8. The molecule has 0 aromatic carbocycles. The highest BCUT2D eigenvalue weighted by molar-refractivity contribution is 7.47. The Morgan fingerprint density at radius 1 is 0.492 bits per heavy atom. The smallest absolute Gasteiger partial charge is 0.462 e. The molecule has 0 radical (unpaired) electrons. The van der Waals surface area contributed by atoms with E-state index < -0.39 is 51.8 Å². The molecule has 0 heterocycles. The Bertz CT molecular complexity index is 1040. The first-order chi connectivity index (χ1) is 28.7. The van der Waals surface area contributed by atoms with Crippen molar-refractivity contribution in [2.75, 3.05) is 26.4 Å². The zero-order valence-corrected chi connectivity index (χ0v) is 38.9. The van der Waals surface area contributed by atoms with E-state index in [0.717, 1.165) is 57.8 Å². The van der Waals surface area contributed by atoms with Gasteiger partial charge in [-0.1, -0.05) is 179 Å². The molecule has 0 saturated heterocycles. The van der Waals surface area contributed by atoms with Crippen molar-refractivity contribution in [1.29, 1.82) is 0 Å². The molecular formula is C48H91O10P. The fourth-order valence-corrected chi connectivity index (χ4v) is 7.60. The van der Waals surface area contributed by atoms with Crippen LogP contribution in [0.15, 0.2) is 24.3 Å². The topological polar surface area (TPSA) is 149 Å². The van der Waals surface area contributed by atoms with Gasteiger partial charge in [-0.3, -0.25) is 18.6 Å². The van der Waals surface area contributed by atoms with Crippen LogP contribution in [0.1, 0.15) is 232 Å². The number of rotatable bonds is 46. The molecule has 0 fully saturated rings. The van der Waals surface area contributed by atoms with Gasteiger partial charge >= 0.3 is 19.8 Å². The normalized spacial score (nSPS) is 13.9. The van der Waals surface area contributed by atoms with E-state index in [2.05, 4.69) is 38.2 Å². The van der Waals surface area contributed by atoms with E-state index in [1.54, 1.807) is 0 Å². The molecule has 59 heavy (non-hydrogen) atoms. The van der Waals surface area contributed by atoms with Gasteiger partial charge in [-0.25, -0.2) is 4.57 Å². The summed E-state index contributed by atoms with van der Waals surface area (Å²) in [5.41, 5.74) is 0. The van der Waals surface area contributed by atoms with Crippen LogP contribution in [0, 0.1) is 0 Å². The number of unbranched alkanes of at least 4 members (excludes halogenated alkanes) is 28. The summed E-state index contributed by atoms with van der Waals surface area (Å²) in [6, 6.07) is 0. The zero-order valence-electron chi connectivity index (χ0n) is 38.0. The van der Waals surface area contributed by atoms with Gasteiger partial charge in [-0.15, -0.1) is 0 Å². The van der Waals surface area contributed by atoms with Crippen LogP contribution in [-0.2, 0) is 32.7 Å². The number of phosphoric ester groups is 1. The highest BCUT2D eigenvalue weighted by atomic mass is 31.2. The van der Waals surface area contributed by atoms with Gasteiger partial charge in [0, 0.05) is 12.8 Å². The predicted molar refractivity (Wildman–Crippen MR) is 242 cm³/mol. The van der Waals surface area contributed by atoms with E-state index in [1.807, 2.05) is 0 Å². The van der Waals surface area contributed by atoms with Crippen LogP contribution in [0.4, 0.5) is 0 Å². The molecule has 0 aliphatic rings. The van der Waals surface area contributed by atoms with Crippen molar-refractivity contribution in [3.63, 3.8) is 0 Å². The number of carbonyl (C=O) groups excluding carboxylic acids is 2. The molecule has 10 nitrogen and oxygen atoms in total. The first-order valence-corrected chi connectivity index (χ1v) is 25.8. The molecule has 0 aromatic heterocycles. The molecular weight excluding hydrogens is 767 g/mol. The number of hydrogen-bond acceptors (Lipinski definition) is 9. The number of allylic oxidation sites excluding steroid dienone is 4. The SMILES string of the molecule is CCCCCCCC/C=C/CCCCCCCCCCCCCC(=O)OC[C@@H](COP(=O)(O)OC[C@H](O)CO)OC(=O)CCCCCCC/C=C/CCCCCCCC. The molecule has 348 valence electrons. The van der Waals surface area contributed by atoms with Crippen LogP contribution < -0.4 is 0 Å². The maximum absolute atomic E-state index is 12.6. The molecule has 3 N–H and O–H groups in total. The number of ether oxygens (including phenoxy) is 2. The lowest BCUT2D eigenvalue weighted by Crippen LogP contribution is -2.29. The molecule has 0 aromatic rings. The first kappa shape index (κ1) is 57.4. The molecule has 0 rings (SSSR count). The molecule has 0 aliphatic heterocycles. The molecule has 0 aliphatic carbocycles. The van der Waals surface area contributed by atoms with Crippen LogP contribution in [0.5, 0.6) is 0 Å². The van der Waals surface area contributed by atoms with Crippen molar-refractivity contribution in [2.45, 2.75) is 244 Å². The first-order valence-electron chi connectivity index (χ1n) is 24.3. The number of aliphatic hydroxyl groups excluding tert-OH is 2. The highest BCUT2D eigenvalue weighted by Gasteiger charge is 2.27. The minimum Gasteiger partial charge on any atom is -0.462 e. The van der Waals surface area contributed by atoms with Gasteiger partial charge in [0.15, 0.2) is 6.10 Å². The Labute approximate surface area is 361 Å². The van der Waals surface area contributed by atoms with Crippen molar-refractivity contribution >= 4 is 19.8 Å². The second kappa shape index (κ2) is 44.5. The second-order valence-corrected chi connectivity index (χ2v) is 17.9. The predicted octanol–water partition coefficient (Wildman–Crippen LogP) is 13.3. The molecule has 0 spiro atoms. The standard InChI is InChI=1S/C48H91O10P/c1-3-5-7-9-11-13-15-17-19-20-21-22-23-24-26-27-29-31-33-35-37-39-47(51)55-43-46(44-57-59(53,54)56-42-45(50)41-49)58-48(52)40-38-36-34-32-30-28-25-18-16-14-12-10-8-6-4-2/h17-19,25,45-46,49-50H,3-16,20-24,26-44H2,1-2H3,(H,53,54)/b19-17+,25-18+/t45-,46+/m1/s1. The van der Waals surface area contributed by atoms with Gasteiger partial charge in [-0.05, 0) is 64.2 Å². The number of hydrogen-bond donors (Lipinski definition) is 3. The van der Waals surface area contributed by atoms with Crippen LogP contribution in [-0.4, -0.2) is 65.7 Å². The van der Waals surface area contributed by atoms with Gasteiger partial charge in [-0.2, -0.15) is 0 Å². The molecule has 0 bridgehead atoms. The third-order valence-electron chi connectivity index (χ3n) is 10.6. The molecule has 11 heteroatoms. The molecule has 3 atom stereocenters. The summed E-state index contributed by atoms with van der Waals surface area (Å²) in [5.74, 6) is -0.926. The van der Waals surface area contributed by atoms with E-state index in [1.165, 1.54) is 135 Å². The average molecular weight is 859 g/mol. The number of carbonyl (C=O) groups is 2. The lowest BCUT2D eigenvalue weighted by molar-refractivity contribution is -0.161. The summed E-state index contributed by atoms with van der Waals surface area (Å²) >= 11 is 0. The van der Waals surface area contributed by atoms with Crippen molar-refractivity contribution < 1.29 is 47.8 Å². The van der Waals surface area contributed by atoms with E-state index in [-0.39, 0.29) is 19.4 Å². The fourth-order valence-electron chi connectivity index (χ4n) is 6.81. The van der Waals surface area contributed by atoms with Crippen LogP contribution in [0.2, 0.25) is 0 Å². The Balaban J connectivity index is 4.18. The number of esters is 2. The van der Waals surface area contributed by atoms with Crippen molar-refractivity contribution in [1.82, 2.24) is 0 Å². The largest absolute Gasteiger partial charge is 0.472 e. The Kier molecular flexibility index (Phi) is 43.3. The van der Waals surface area contributed by atoms with Crippen LogP contribution >= 0.6 is 7.82 Å².